The second-order valence-electron chi connectivity index (χ2n) is 11.6. The van der Waals surface area contributed by atoms with Crippen LogP contribution in [0.25, 0.3) is 5.65 Å². The minimum atomic E-state index is -0.136. The molecule has 0 bridgehead atoms. The summed E-state index contributed by atoms with van der Waals surface area (Å²) in [4.78, 5) is 17.7. The van der Waals surface area contributed by atoms with Gasteiger partial charge in [0.15, 0.2) is 11.5 Å². The number of halogens is 2. The Bertz CT molecular complexity index is 1580. The highest BCUT2D eigenvalue weighted by molar-refractivity contribution is 9.10. The number of fused-ring (bicyclic) bond motifs is 1. The third-order valence-corrected chi connectivity index (χ3v) is 8.48. The van der Waals surface area contributed by atoms with Crippen LogP contribution >= 0.6 is 27.5 Å². The minimum Gasteiger partial charge on any atom is -0.496 e. The lowest BCUT2D eigenvalue weighted by molar-refractivity contribution is -0.121. The average molecular weight is 699 g/mol. The summed E-state index contributed by atoms with van der Waals surface area (Å²) < 4.78 is 20.1. The first-order valence-corrected chi connectivity index (χ1v) is 16.5. The van der Waals surface area contributed by atoms with Crippen molar-refractivity contribution < 1.29 is 19.0 Å². The number of nitrogens with zero attached hydrogens (tertiary/aromatic N) is 3. The Kier molecular flexibility index (Phi) is 13.0. The lowest BCUT2D eigenvalue weighted by Crippen LogP contribution is -2.25. The molecule has 0 fully saturated rings. The Morgan fingerprint density at radius 3 is 2.60 bits per heavy atom. The standard InChI is InChI=1S/C35H43BrClN4O4/c1-23(2)21-38-15-17-45-35-31(44-5)12-10-25(34(35)37)18-24(3)9-14-33(42)39-22-28-29(41-16-7-6-8-32(41)40-28)20-26-19-27(36)11-13-30(26)43-4/h6-8,10-13,16,19,23-24,38H,9,14-15,17-18,20-22H2,1-5H3. The van der Waals surface area contributed by atoms with Crippen LogP contribution in [-0.4, -0.2) is 49.2 Å². The molecule has 1 radical (unpaired) electrons. The lowest BCUT2D eigenvalue weighted by atomic mass is 9.96. The maximum Gasteiger partial charge on any atom is 0.241 e. The Morgan fingerprint density at radius 2 is 1.84 bits per heavy atom. The second kappa shape index (κ2) is 16.9. The molecule has 8 nitrogen and oxygen atoms in total. The molecule has 0 saturated heterocycles. The van der Waals surface area contributed by atoms with Crippen molar-refractivity contribution in [2.45, 2.75) is 53.0 Å². The SMILES string of the molecule is COc1ccc(Br)cc1Cc1c(C[N]C(=O)CCC(C)Cc2ccc(OC)c(OCCNCC(C)C)c2Cl)nc2ccccn12. The molecular formula is C35H43BrClN4O4. The maximum absolute atomic E-state index is 12.9. The highest BCUT2D eigenvalue weighted by Crippen LogP contribution is 2.38. The van der Waals surface area contributed by atoms with E-state index in [1.807, 2.05) is 54.7 Å². The number of imidazole rings is 1. The van der Waals surface area contributed by atoms with E-state index < -0.39 is 0 Å². The van der Waals surface area contributed by atoms with E-state index >= 15 is 0 Å². The van der Waals surface area contributed by atoms with Crippen molar-refractivity contribution in [3.8, 4) is 17.2 Å². The quantitative estimate of drug-likeness (QED) is 0.117. The second-order valence-corrected chi connectivity index (χ2v) is 12.9. The van der Waals surface area contributed by atoms with Gasteiger partial charge in [0.2, 0.25) is 5.91 Å². The van der Waals surface area contributed by atoms with Crippen LogP contribution in [0, 0.1) is 11.8 Å². The van der Waals surface area contributed by atoms with E-state index in [-0.39, 0.29) is 18.4 Å². The summed E-state index contributed by atoms with van der Waals surface area (Å²) in [5.41, 5.74) is 4.57. The van der Waals surface area contributed by atoms with Crippen LogP contribution in [0.15, 0.2) is 59.2 Å². The van der Waals surface area contributed by atoms with Gasteiger partial charge in [-0.05, 0) is 73.2 Å². The van der Waals surface area contributed by atoms with Gasteiger partial charge in [0.05, 0.1) is 37.2 Å². The van der Waals surface area contributed by atoms with Gasteiger partial charge in [-0.25, -0.2) is 10.3 Å². The number of carbonyl (C=O) groups is 1. The first kappa shape index (κ1) is 34.6. The van der Waals surface area contributed by atoms with E-state index in [0.717, 1.165) is 51.5 Å². The number of hydrogen-bond donors (Lipinski definition) is 1. The van der Waals surface area contributed by atoms with Crippen LogP contribution in [0.5, 0.6) is 17.2 Å². The molecule has 1 atom stereocenters. The molecule has 1 N–H and O–H groups in total. The number of aromatic nitrogens is 2. The van der Waals surface area contributed by atoms with Gasteiger partial charge in [-0.2, -0.15) is 0 Å². The number of nitrogens with one attached hydrogen (secondary N) is 1. The van der Waals surface area contributed by atoms with Crippen molar-refractivity contribution in [3.63, 3.8) is 0 Å². The number of rotatable bonds is 17. The number of methoxy groups -OCH3 is 2. The first-order valence-electron chi connectivity index (χ1n) is 15.4. The number of amides is 1. The van der Waals surface area contributed by atoms with Crippen LogP contribution in [0.2, 0.25) is 5.02 Å². The van der Waals surface area contributed by atoms with Gasteiger partial charge >= 0.3 is 0 Å². The number of carbonyl (C=O) groups excluding carboxylic acids is 1. The Hall–Kier alpha value is -3.27. The van der Waals surface area contributed by atoms with Gasteiger partial charge in [0.25, 0.3) is 0 Å². The van der Waals surface area contributed by atoms with E-state index in [2.05, 4.69) is 51.7 Å². The van der Waals surface area contributed by atoms with Crippen LogP contribution in [0.1, 0.15) is 56.1 Å². The van der Waals surface area contributed by atoms with Gasteiger partial charge in [0, 0.05) is 35.6 Å². The van der Waals surface area contributed by atoms with Crippen LogP contribution in [0.4, 0.5) is 0 Å². The van der Waals surface area contributed by atoms with E-state index in [1.54, 1.807) is 14.2 Å². The smallest absolute Gasteiger partial charge is 0.241 e. The molecule has 0 aliphatic rings. The molecule has 4 rings (SSSR count). The zero-order valence-electron chi connectivity index (χ0n) is 26.7. The highest BCUT2D eigenvalue weighted by atomic mass is 79.9. The van der Waals surface area contributed by atoms with E-state index in [4.69, 9.17) is 30.8 Å². The largest absolute Gasteiger partial charge is 0.496 e. The molecule has 0 spiro atoms. The maximum atomic E-state index is 12.9. The molecule has 2 aromatic carbocycles. The van der Waals surface area contributed by atoms with Gasteiger partial charge in [0.1, 0.15) is 18.0 Å². The van der Waals surface area contributed by atoms with E-state index in [9.17, 15) is 4.79 Å². The van der Waals surface area contributed by atoms with Crippen molar-refractivity contribution in [2.24, 2.45) is 11.8 Å². The number of pyridine rings is 1. The molecule has 45 heavy (non-hydrogen) atoms. The summed E-state index contributed by atoms with van der Waals surface area (Å²) in [6.45, 7) is 8.81. The van der Waals surface area contributed by atoms with Crippen molar-refractivity contribution >= 4 is 39.1 Å². The fraction of sp³-hybridized carbons (Fsp3) is 0.429. The predicted molar refractivity (Wildman–Crippen MR) is 183 cm³/mol. The van der Waals surface area contributed by atoms with Gasteiger partial charge in [-0.3, -0.25) is 4.79 Å². The summed E-state index contributed by atoms with van der Waals surface area (Å²) in [5, 5.41) is 8.35. The van der Waals surface area contributed by atoms with E-state index in [1.165, 1.54) is 0 Å². The highest BCUT2D eigenvalue weighted by Gasteiger charge is 2.19. The monoisotopic (exact) mass is 697 g/mol. The fourth-order valence-corrected chi connectivity index (χ4v) is 5.91. The Balaban J connectivity index is 1.35. The molecule has 10 heteroatoms. The number of ether oxygens (including phenoxy) is 3. The average Bonchev–Trinajstić information content (AvgIpc) is 3.37. The summed E-state index contributed by atoms with van der Waals surface area (Å²) in [6, 6.07) is 15.7. The van der Waals surface area contributed by atoms with Gasteiger partial charge in [-0.1, -0.05) is 60.4 Å². The fourth-order valence-electron chi connectivity index (χ4n) is 5.21. The summed E-state index contributed by atoms with van der Waals surface area (Å²) in [6.07, 6.45) is 4.32. The van der Waals surface area contributed by atoms with Crippen LogP contribution in [0.3, 0.4) is 0 Å². The van der Waals surface area contributed by atoms with Gasteiger partial charge < -0.3 is 23.9 Å². The summed E-state index contributed by atoms with van der Waals surface area (Å²) in [5.74, 6) is 2.62. The number of hydrogen-bond acceptors (Lipinski definition) is 6. The zero-order chi connectivity index (χ0) is 32.3. The van der Waals surface area contributed by atoms with Crippen molar-refractivity contribution in [2.75, 3.05) is 33.9 Å². The summed E-state index contributed by atoms with van der Waals surface area (Å²) in [7, 11) is 3.28. The molecule has 2 heterocycles. The first-order chi connectivity index (χ1) is 21.7. The summed E-state index contributed by atoms with van der Waals surface area (Å²) >= 11 is 10.4. The minimum absolute atomic E-state index is 0.136. The van der Waals surface area contributed by atoms with Crippen molar-refractivity contribution in [1.82, 2.24) is 20.0 Å². The third kappa shape index (κ3) is 9.61. The normalized spacial score (nSPS) is 12.0. The Labute approximate surface area is 279 Å². The van der Waals surface area contributed by atoms with E-state index in [0.29, 0.717) is 54.7 Å². The van der Waals surface area contributed by atoms with Crippen molar-refractivity contribution in [1.29, 1.82) is 0 Å². The van der Waals surface area contributed by atoms with Gasteiger partial charge in [-0.15, -0.1) is 0 Å². The Morgan fingerprint density at radius 1 is 1.07 bits per heavy atom. The molecule has 2 aromatic heterocycles. The molecule has 4 aromatic rings. The molecule has 241 valence electrons. The zero-order valence-corrected chi connectivity index (χ0v) is 29.1. The predicted octanol–water partition coefficient (Wildman–Crippen LogP) is 7.27. The topological polar surface area (TPSA) is 88.2 Å². The van der Waals surface area contributed by atoms with Crippen LogP contribution in [-0.2, 0) is 24.2 Å². The molecule has 0 saturated carbocycles. The molecule has 1 amide bonds. The van der Waals surface area contributed by atoms with Crippen LogP contribution < -0.4 is 24.8 Å². The number of benzene rings is 2. The lowest BCUT2D eigenvalue weighted by Gasteiger charge is -2.17. The van der Waals surface area contributed by atoms with Crippen molar-refractivity contribution in [3.05, 3.63) is 86.7 Å². The third-order valence-electron chi connectivity index (χ3n) is 7.58. The molecule has 0 aliphatic heterocycles. The molecule has 0 aliphatic carbocycles. The molecular weight excluding hydrogens is 656 g/mol. The molecule has 1 unspecified atom stereocenters.